The lowest BCUT2D eigenvalue weighted by molar-refractivity contribution is 0.127. The van der Waals surface area contributed by atoms with E-state index in [9.17, 15) is 5.11 Å². The SMILES string of the molecule is NCC[C@H](O)c1nc(Cc2ccncc2)no1. The van der Waals surface area contributed by atoms with Gasteiger partial charge in [0.25, 0.3) is 5.89 Å². The van der Waals surface area contributed by atoms with E-state index in [1.165, 1.54) is 0 Å². The summed E-state index contributed by atoms with van der Waals surface area (Å²) >= 11 is 0. The first-order valence-corrected chi connectivity index (χ1v) is 5.39. The second-order valence-corrected chi connectivity index (χ2v) is 3.67. The smallest absolute Gasteiger partial charge is 0.255 e. The Morgan fingerprint density at radius 1 is 1.35 bits per heavy atom. The van der Waals surface area contributed by atoms with E-state index in [4.69, 9.17) is 10.3 Å². The molecule has 0 spiro atoms. The van der Waals surface area contributed by atoms with Gasteiger partial charge in [-0.05, 0) is 30.7 Å². The summed E-state index contributed by atoms with van der Waals surface area (Å²) in [6, 6.07) is 3.76. The first-order chi connectivity index (χ1) is 8.29. The molecule has 0 fully saturated rings. The fourth-order valence-corrected chi connectivity index (χ4v) is 1.44. The van der Waals surface area contributed by atoms with Gasteiger partial charge in [-0.1, -0.05) is 5.16 Å². The Kier molecular flexibility index (Phi) is 3.79. The first kappa shape index (κ1) is 11.7. The molecule has 90 valence electrons. The van der Waals surface area contributed by atoms with E-state index in [0.29, 0.717) is 25.2 Å². The Morgan fingerprint density at radius 3 is 2.82 bits per heavy atom. The van der Waals surface area contributed by atoms with Crippen LogP contribution in [0.5, 0.6) is 0 Å². The summed E-state index contributed by atoms with van der Waals surface area (Å²) in [5.41, 5.74) is 6.38. The number of nitrogens with two attached hydrogens (primary N) is 1. The number of rotatable bonds is 5. The minimum atomic E-state index is -0.779. The Morgan fingerprint density at radius 2 is 2.12 bits per heavy atom. The lowest BCUT2D eigenvalue weighted by Crippen LogP contribution is -2.07. The molecule has 0 aliphatic rings. The van der Waals surface area contributed by atoms with Crippen molar-refractivity contribution in [3.05, 3.63) is 41.8 Å². The zero-order valence-electron chi connectivity index (χ0n) is 9.28. The number of hydrogen-bond donors (Lipinski definition) is 2. The minimum absolute atomic E-state index is 0.222. The van der Waals surface area contributed by atoms with Crippen LogP contribution in [0.1, 0.15) is 29.8 Å². The summed E-state index contributed by atoms with van der Waals surface area (Å²) in [7, 11) is 0. The van der Waals surface area contributed by atoms with Crippen LogP contribution in [-0.2, 0) is 6.42 Å². The van der Waals surface area contributed by atoms with Crippen LogP contribution < -0.4 is 5.73 Å². The Hall–Kier alpha value is -1.79. The quantitative estimate of drug-likeness (QED) is 0.778. The van der Waals surface area contributed by atoms with Gasteiger partial charge in [0.1, 0.15) is 6.10 Å². The highest BCUT2D eigenvalue weighted by Crippen LogP contribution is 2.14. The van der Waals surface area contributed by atoms with Gasteiger partial charge in [-0.25, -0.2) is 0 Å². The molecule has 6 heteroatoms. The van der Waals surface area contributed by atoms with Crippen molar-refractivity contribution in [2.75, 3.05) is 6.54 Å². The Bertz CT molecular complexity index is 458. The Balaban J connectivity index is 2.04. The van der Waals surface area contributed by atoms with Crippen molar-refractivity contribution in [1.29, 1.82) is 0 Å². The minimum Gasteiger partial charge on any atom is -0.383 e. The van der Waals surface area contributed by atoms with Crippen molar-refractivity contribution in [3.8, 4) is 0 Å². The molecule has 2 heterocycles. The number of aromatic nitrogens is 3. The zero-order chi connectivity index (χ0) is 12.1. The molecule has 0 aliphatic carbocycles. The van der Waals surface area contributed by atoms with Gasteiger partial charge in [-0.3, -0.25) is 4.98 Å². The molecule has 0 aliphatic heterocycles. The number of hydrogen-bond acceptors (Lipinski definition) is 6. The van der Waals surface area contributed by atoms with Gasteiger partial charge in [-0.2, -0.15) is 4.98 Å². The largest absolute Gasteiger partial charge is 0.383 e. The van der Waals surface area contributed by atoms with E-state index in [2.05, 4.69) is 15.1 Å². The van der Waals surface area contributed by atoms with Gasteiger partial charge in [0.2, 0.25) is 0 Å². The van der Waals surface area contributed by atoms with Gasteiger partial charge in [-0.15, -0.1) is 0 Å². The number of pyridine rings is 1. The summed E-state index contributed by atoms with van der Waals surface area (Å²) in [5.74, 6) is 0.766. The summed E-state index contributed by atoms with van der Waals surface area (Å²) in [6.07, 6.45) is 3.61. The van der Waals surface area contributed by atoms with Gasteiger partial charge in [0.15, 0.2) is 5.82 Å². The summed E-state index contributed by atoms with van der Waals surface area (Å²) < 4.78 is 4.97. The average molecular weight is 234 g/mol. The topological polar surface area (TPSA) is 98.1 Å². The molecule has 3 N–H and O–H groups in total. The van der Waals surface area contributed by atoms with Crippen molar-refractivity contribution in [3.63, 3.8) is 0 Å². The summed E-state index contributed by atoms with van der Waals surface area (Å²) in [5, 5.41) is 13.4. The van der Waals surface area contributed by atoms with Crippen LogP contribution in [0.2, 0.25) is 0 Å². The fraction of sp³-hybridized carbons (Fsp3) is 0.364. The lowest BCUT2D eigenvalue weighted by Gasteiger charge is -2.00. The van der Waals surface area contributed by atoms with Crippen LogP contribution in [0.25, 0.3) is 0 Å². The molecule has 2 aromatic heterocycles. The lowest BCUT2D eigenvalue weighted by atomic mass is 10.2. The normalized spacial score (nSPS) is 12.6. The van der Waals surface area contributed by atoms with Crippen LogP contribution in [-0.4, -0.2) is 26.8 Å². The van der Waals surface area contributed by atoms with E-state index < -0.39 is 6.10 Å². The van der Waals surface area contributed by atoms with Crippen molar-refractivity contribution >= 4 is 0 Å². The molecular weight excluding hydrogens is 220 g/mol. The molecule has 6 nitrogen and oxygen atoms in total. The van der Waals surface area contributed by atoms with Crippen LogP contribution >= 0.6 is 0 Å². The highest BCUT2D eigenvalue weighted by molar-refractivity contribution is 5.14. The summed E-state index contributed by atoms with van der Waals surface area (Å²) in [6.45, 7) is 0.378. The van der Waals surface area contributed by atoms with Gasteiger partial charge < -0.3 is 15.4 Å². The maximum atomic E-state index is 9.61. The van der Waals surface area contributed by atoms with E-state index in [1.807, 2.05) is 12.1 Å². The van der Waals surface area contributed by atoms with Gasteiger partial charge >= 0.3 is 0 Å². The number of aliphatic hydroxyl groups excluding tert-OH is 1. The third-order valence-corrected chi connectivity index (χ3v) is 2.32. The van der Waals surface area contributed by atoms with Crippen LogP contribution in [0, 0.1) is 0 Å². The number of aliphatic hydroxyl groups is 1. The molecule has 0 saturated carbocycles. The molecule has 0 amide bonds. The van der Waals surface area contributed by atoms with E-state index in [0.717, 1.165) is 5.56 Å². The molecular formula is C11H14N4O2. The van der Waals surface area contributed by atoms with E-state index in [1.54, 1.807) is 12.4 Å². The van der Waals surface area contributed by atoms with E-state index >= 15 is 0 Å². The average Bonchev–Trinajstić information content (AvgIpc) is 2.79. The standard InChI is InChI=1S/C11H14N4O2/c12-4-1-9(16)11-14-10(15-17-11)7-8-2-5-13-6-3-8/h2-3,5-6,9,16H,1,4,7,12H2/t9-/m0/s1. The van der Waals surface area contributed by atoms with Crippen molar-refractivity contribution in [2.24, 2.45) is 5.73 Å². The molecule has 0 aromatic carbocycles. The highest BCUT2D eigenvalue weighted by Gasteiger charge is 2.15. The molecule has 0 bridgehead atoms. The third kappa shape index (κ3) is 3.08. The number of nitrogens with zero attached hydrogens (tertiary/aromatic N) is 3. The highest BCUT2D eigenvalue weighted by atomic mass is 16.5. The third-order valence-electron chi connectivity index (χ3n) is 2.32. The second-order valence-electron chi connectivity index (χ2n) is 3.67. The van der Waals surface area contributed by atoms with Crippen LogP contribution in [0.4, 0.5) is 0 Å². The van der Waals surface area contributed by atoms with Gasteiger partial charge in [0, 0.05) is 18.8 Å². The Labute approximate surface area is 98.5 Å². The molecule has 17 heavy (non-hydrogen) atoms. The second kappa shape index (κ2) is 5.51. The fourth-order valence-electron chi connectivity index (χ4n) is 1.44. The zero-order valence-corrected chi connectivity index (χ0v) is 9.28. The van der Waals surface area contributed by atoms with Crippen molar-refractivity contribution in [1.82, 2.24) is 15.1 Å². The molecule has 0 unspecified atom stereocenters. The predicted octanol–water partition coefficient (Wildman–Crippen LogP) is 0.438. The predicted molar refractivity (Wildman–Crippen MR) is 60.0 cm³/mol. The van der Waals surface area contributed by atoms with Crippen molar-refractivity contribution in [2.45, 2.75) is 18.9 Å². The van der Waals surface area contributed by atoms with Crippen LogP contribution in [0.15, 0.2) is 29.0 Å². The molecule has 2 rings (SSSR count). The molecule has 2 aromatic rings. The molecule has 1 atom stereocenters. The van der Waals surface area contributed by atoms with Crippen LogP contribution in [0.3, 0.4) is 0 Å². The summed E-state index contributed by atoms with van der Waals surface area (Å²) in [4.78, 5) is 8.05. The van der Waals surface area contributed by atoms with Gasteiger partial charge in [0.05, 0.1) is 0 Å². The van der Waals surface area contributed by atoms with E-state index in [-0.39, 0.29) is 5.89 Å². The maximum Gasteiger partial charge on any atom is 0.255 e. The molecule has 0 saturated heterocycles. The first-order valence-electron chi connectivity index (χ1n) is 5.39. The monoisotopic (exact) mass is 234 g/mol. The van der Waals surface area contributed by atoms with Crippen molar-refractivity contribution < 1.29 is 9.63 Å². The molecule has 0 radical (unpaired) electrons. The maximum absolute atomic E-state index is 9.61.